The zero-order chi connectivity index (χ0) is 9.30. The maximum absolute atomic E-state index is 10.2. The predicted octanol–water partition coefficient (Wildman–Crippen LogP) is 0.588. The lowest BCUT2D eigenvalue weighted by molar-refractivity contribution is -0.384. The van der Waals surface area contributed by atoms with E-state index in [0.29, 0.717) is 0 Å². The number of benzene rings is 1. The number of aromatic hydroxyl groups is 2. The molecule has 6 heteroatoms. The number of hydrogen-bond acceptors (Lipinski definition) is 5. The van der Waals surface area contributed by atoms with Crippen LogP contribution < -0.4 is 5.73 Å². The van der Waals surface area contributed by atoms with Gasteiger partial charge < -0.3 is 15.9 Å². The molecule has 0 aliphatic rings. The van der Waals surface area contributed by atoms with E-state index in [4.69, 9.17) is 15.9 Å². The Morgan fingerprint density at radius 3 is 2.33 bits per heavy atom. The van der Waals surface area contributed by atoms with Crippen molar-refractivity contribution in [2.75, 3.05) is 5.73 Å². The van der Waals surface area contributed by atoms with Gasteiger partial charge in [-0.1, -0.05) is 0 Å². The number of rotatable bonds is 1. The summed E-state index contributed by atoms with van der Waals surface area (Å²) in [5, 5.41) is 27.9. The lowest BCUT2D eigenvalue weighted by Crippen LogP contribution is -1.94. The van der Waals surface area contributed by atoms with E-state index >= 15 is 0 Å². The SMILES string of the molecule is Nc1cc(O)c(O)cc1[N+](=O)[O-]. The summed E-state index contributed by atoms with van der Waals surface area (Å²) in [6.45, 7) is 0. The lowest BCUT2D eigenvalue weighted by atomic mass is 10.2. The molecule has 64 valence electrons. The fourth-order valence-electron chi connectivity index (χ4n) is 0.740. The lowest BCUT2D eigenvalue weighted by Gasteiger charge is -1.99. The van der Waals surface area contributed by atoms with Gasteiger partial charge in [0.2, 0.25) is 0 Å². The smallest absolute Gasteiger partial charge is 0.296 e. The van der Waals surface area contributed by atoms with Crippen molar-refractivity contribution in [1.29, 1.82) is 0 Å². The van der Waals surface area contributed by atoms with Crippen LogP contribution in [0.25, 0.3) is 0 Å². The Morgan fingerprint density at radius 1 is 1.33 bits per heavy atom. The van der Waals surface area contributed by atoms with Gasteiger partial charge in [0, 0.05) is 6.07 Å². The van der Waals surface area contributed by atoms with Crippen LogP contribution in [0.2, 0.25) is 0 Å². The second kappa shape index (κ2) is 2.57. The van der Waals surface area contributed by atoms with Gasteiger partial charge in [-0.25, -0.2) is 0 Å². The van der Waals surface area contributed by atoms with Crippen molar-refractivity contribution < 1.29 is 15.1 Å². The van der Waals surface area contributed by atoms with Crippen LogP contribution in [0, 0.1) is 10.1 Å². The molecule has 1 aromatic carbocycles. The van der Waals surface area contributed by atoms with Crippen molar-refractivity contribution in [1.82, 2.24) is 0 Å². The van der Waals surface area contributed by atoms with Gasteiger partial charge in [0.15, 0.2) is 11.5 Å². The van der Waals surface area contributed by atoms with Crippen molar-refractivity contribution in [3.8, 4) is 11.5 Å². The van der Waals surface area contributed by atoms with E-state index in [0.717, 1.165) is 12.1 Å². The van der Waals surface area contributed by atoms with Crippen LogP contribution in [0.3, 0.4) is 0 Å². The number of nitrogen functional groups attached to an aromatic ring is 1. The van der Waals surface area contributed by atoms with Gasteiger partial charge in [-0.05, 0) is 0 Å². The normalized spacial score (nSPS) is 9.67. The third-order valence-corrected chi connectivity index (χ3v) is 1.32. The summed E-state index contributed by atoms with van der Waals surface area (Å²) in [5.74, 6) is -1.03. The van der Waals surface area contributed by atoms with Gasteiger partial charge in [0.05, 0.1) is 11.0 Å². The van der Waals surface area contributed by atoms with Crippen molar-refractivity contribution in [2.45, 2.75) is 0 Å². The van der Waals surface area contributed by atoms with E-state index in [-0.39, 0.29) is 5.69 Å². The molecule has 0 aliphatic carbocycles. The Morgan fingerprint density at radius 2 is 1.83 bits per heavy atom. The Balaban J connectivity index is 3.33. The molecule has 0 saturated heterocycles. The molecule has 4 N–H and O–H groups in total. The first kappa shape index (κ1) is 8.12. The third kappa shape index (κ3) is 1.22. The van der Waals surface area contributed by atoms with Crippen LogP contribution in [0.5, 0.6) is 11.5 Å². The number of nitrogens with zero attached hydrogens (tertiary/aromatic N) is 1. The van der Waals surface area contributed by atoms with Crippen molar-refractivity contribution in [3.05, 3.63) is 22.2 Å². The largest absolute Gasteiger partial charge is 0.504 e. The third-order valence-electron chi connectivity index (χ3n) is 1.32. The van der Waals surface area contributed by atoms with Crippen molar-refractivity contribution in [2.24, 2.45) is 0 Å². The topological polar surface area (TPSA) is 110 Å². The summed E-state index contributed by atoms with van der Waals surface area (Å²) in [6, 6.07) is 1.72. The Bertz CT molecular complexity index is 337. The zero-order valence-electron chi connectivity index (χ0n) is 5.89. The average molecular weight is 170 g/mol. The monoisotopic (exact) mass is 170 g/mol. The molecule has 0 unspecified atom stereocenters. The molecular weight excluding hydrogens is 164 g/mol. The Kier molecular flexibility index (Phi) is 1.74. The minimum Gasteiger partial charge on any atom is -0.504 e. The minimum atomic E-state index is -0.742. The highest BCUT2D eigenvalue weighted by molar-refractivity contribution is 5.65. The van der Waals surface area contributed by atoms with Crippen LogP contribution >= 0.6 is 0 Å². The van der Waals surface area contributed by atoms with Gasteiger partial charge in [-0.2, -0.15) is 0 Å². The second-order valence-electron chi connectivity index (χ2n) is 2.16. The zero-order valence-corrected chi connectivity index (χ0v) is 5.89. The number of anilines is 1. The van der Waals surface area contributed by atoms with Gasteiger partial charge in [-0.3, -0.25) is 10.1 Å². The molecule has 0 aliphatic heterocycles. The molecule has 6 nitrogen and oxygen atoms in total. The van der Waals surface area contributed by atoms with Gasteiger partial charge in [0.25, 0.3) is 5.69 Å². The first-order valence-electron chi connectivity index (χ1n) is 2.98. The Labute approximate surface area is 67.0 Å². The molecule has 0 saturated carbocycles. The molecule has 0 spiro atoms. The van der Waals surface area contributed by atoms with E-state index in [1.807, 2.05) is 0 Å². The number of phenolic OH excluding ortho intramolecular Hbond substituents is 2. The van der Waals surface area contributed by atoms with Gasteiger partial charge in [0.1, 0.15) is 5.69 Å². The number of phenols is 2. The van der Waals surface area contributed by atoms with Crippen LogP contribution in [-0.2, 0) is 0 Å². The highest BCUT2D eigenvalue weighted by Gasteiger charge is 2.14. The standard InChI is InChI=1S/C6H6N2O4/c7-3-1-5(9)6(10)2-4(3)8(11)12/h1-2,9-10H,7H2. The highest BCUT2D eigenvalue weighted by Crippen LogP contribution is 2.33. The summed E-state index contributed by atoms with van der Waals surface area (Å²) in [5.41, 5.74) is 4.57. The number of nitrogens with two attached hydrogens (primary N) is 1. The van der Waals surface area contributed by atoms with Crippen LogP contribution in [0.4, 0.5) is 11.4 Å². The van der Waals surface area contributed by atoms with E-state index < -0.39 is 22.1 Å². The summed E-state index contributed by atoms with van der Waals surface area (Å²) in [7, 11) is 0. The van der Waals surface area contributed by atoms with Gasteiger partial charge >= 0.3 is 0 Å². The van der Waals surface area contributed by atoms with E-state index in [1.54, 1.807) is 0 Å². The fourth-order valence-corrected chi connectivity index (χ4v) is 0.740. The first-order chi connectivity index (χ1) is 5.52. The van der Waals surface area contributed by atoms with Crippen LogP contribution in [0.15, 0.2) is 12.1 Å². The van der Waals surface area contributed by atoms with Crippen LogP contribution in [-0.4, -0.2) is 15.1 Å². The number of nitro groups is 1. The maximum atomic E-state index is 10.2. The molecule has 0 radical (unpaired) electrons. The summed E-state index contributed by atoms with van der Waals surface area (Å²) in [4.78, 5) is 9.48. The Hall–Kier alpha value is -1.98. The molecule has 0 amide bonds. The number of nitro benzene ring substituents is 1. The molecule has 0 atom stereocenters. The predicted molar refractivity (Wildman–Crippen MR) is 40.8 cm³/mol. The van der Waals surface area contributed by atoms with Crippen molar-refractivity contribution >= 4 is 11.4 Å². The molecule has 1 rings (SSSR count). The quantitative estimate of drug-likeness (QED) is 0.188. The molecule has 0 heterocycles. The molecule has 0 bridgehead atoms. The molecule has 0 fully saturated rings. The van der Waals surface area contributed by atoms with E-state index in [1.165, 1.54) is 0 Å². The van der Waals surface area contributed by atoms with Gasteiger partial charge in [-0.15, -0.1) is 0 Å². The second-order valence-corrected chi connectivity index (χ2v) is 2.16. The maximum Gasteiger partial charge on any atom is 0.296 e. The fraction of sp³-hybridized carbons (Fsp3) is 0. The summed E-state index contributed by atoms with van der Waals surface area (Å²) < 4.78 is 0. The van der Waals surface area contributed by atoms with E-state index in [2.05, 4.69) is 0 Å². The molecule has 12 heavy (non-hydrogen) atoms. The molecule has 1 aromatic rings. The van der Waals surface area contributed by atoms with Crippen molar-refractivity contribution in [3.63, 3.8) is 0 Å². The first-order valence-corrected chi connectivity index (χ1v) is 2.98. The summed E-state index contributed by atoms with van der Waals surface area (Å²) >= 11 is 0. The van der Waals surface area contributed by atoms with E-state index in [9.17, 15) is 10.1 Å². The average Bonchev–Trinajstić information content (AvgIpc) is 1.96. The summed E-state index contributed by atoms with van der Waals surface area (Å²) in [6.07, 6.45) is 0. The van der Waals surface area contributed by atoms with Crippen LogP contribution in [0.1, 0.15) is 0 Å². The molecular formula is C6H6N2O4. The minimum absolute atomic E-state index is 0.185. The highest BCUT2D eigenvalue weighted by atomic mass is 16.6. The molecule has 0 aromatic heterocycles. The number of hydrogen-bond donors (Lipinski definition) is 3.